The number of carbonyl (C=O) groups excluding carboxylic acids is 1. The molecule has 0 rings (SSSR count). The van der Waals surface area contributed by atoms with Crippen LogP contribution in [0.25, 0.3) is 0 Å². The second kappa shape index (κ2) is 9.31. The molecule has 0 bridgehead atoms. The molecular weight excluding hydrogens is 307 g/mol. The first-order valence-electron chi connectivity index (χ1n) is 6.73. The average molecular weight is 335 g/mol. The molecule has 0 radical (unpaired) electrons. The van der Waals surface area contributed by atoms with Crippen LogP contribution in [0.5, 0.6) is 0 Å². The Labute approximate surface area is 106 Å². The van der Waals surface area contributed by atoms with Crippen molar-refractivity contribution in [3.63, 3.8) is 0 Å². The van der Waals surface area contributed by atoms with Crippen molar-refractivity contribution >= 4 is 24.8 Å². The van der Waals surface area contributed by atoms with Gasteiger partial charge in [0.1, 0.15) is 0 Å². The minimum absolute atomic E-state index is 0.00628. The van der Waals surface area contributed by atoms with E-state index in [1.165, 1.54) is 43.0 Å². The molecule has 0 aliphatic carbocycles. The molecule has 0 aromatic carbocycles. The molecule has 16 heavy (non-hydrogen) atoms. The summed E-state index contributed by atoms with van der Waals surface area (Å²) < 4.78 is 6.77. The Kier molecular flexibility index (Phi) is 9.47. The SMILES string of the molecule is CCCCCCC[CH2][Sn]([CH3])([CH3])[O]C(=O)CC. The van der Waals surface area contributed by atoms with Gasteiger partial charge in [-0.25, -0.2) is 0 Å². The molecule has 0 aliphatic rings. The molecule has 0 unspecified atom stereocenters. The molecule has 0 aliphatic heterocycles. The van der Waals surface area contributed by atoms with E-state index in [-0.39, 0.29) is 5.97 Å². The number of hydrogen-bond donors (Lipinski definition) is 0. The quantitative estimate of drug-likeness (QED) is 0.458. The van der Waals surface area contributed by atoms with Gasteiger partial charge in [0.15, 0.2) is 0 Å². The van der Waals surface area contributed by atoms with E-state index in [9.17, 15) is 4.79 Å². The van der Waals surface area contributed by atoms with Crippen molar-refractivity contribution in [1.29, 1.82) is 0 Å². The normalized spacial score (nSPS) is 11.5. The van der Waals surface area contributed by atoms with Gasteiger partial charge in [0, 0.05) is 0 Å². The standard InChI is InChI=1S/C8H17.C3H6O2.2CH3.Sn/c1-3-5-7-8-6-4-2;1-2-3(4)5;;;/h1,3-8H2,2H3;2H2,1H3,(H,4,5);2*1H3;/q;;;;+1/p-1. The van der Waals surface area contributed by atoms with Gasteiger partial charge in [-0.1, -0.05) is 0 Å². The third-order valence-corrected chi connectivity index (χ3v) is 9.48. The Bertz CT molecular complexity index is 190. The Morgan fingerprint density at radius 3 is 2.12 bits per heavy atom. The third kappa shape index (κ3) is 9.49. The Morgan fingerprint density at radius 1 is 1.00 bits per heavy atom. The third-order valence-electron chi connectivity index (χ3n) is 2.81. The fourth-order valence-electron chi connectivity index (χ4n) is 1.76. The number of unbranched alkanes of at least 4 members (excludes halogenated alkanes) is 5. The van der Waals surface area contributed by atoms with E-state index in [0.717, 1.165) is 0 Å². The average Bonchev–Trinajstić information content (AvgIpc) is 2.22. The molecule has 0 spiro atoms. The Morgan fingerprint density at radius 2 is 1.56 bits per heavy atom. The van der Waals surface area contributed by atoms with Crippen molar-refractivity contribution in [3.05, 3.63) is 0 Å². The Hall–Kier alpha value is 0.269. The zero-order valence-corrected chi connectivity index (χ0v) is 14.3. The summed E-state index contributed by atoms with van der Waals surface area (Å²) in [5.41, 5.74) is 0. The van der Waals surface area contributed by atoms with Gasteiger partial charge in [0.05, 0.1) is 0 Å². The number of carbonyl (C=O) groups is 1. The van der Waals surface area contributed by atoms with E-state index < -0.39 is 18.8 Å². The van der Waals surface area contributed by atoms with E-state index in [2.05, 4.69) is 16.8 Å². The molecule has 0 saturated heterocycles. The topological polar surface area (TPSA) is 26.3 Å². The van der Waals surface area contributed by atoms with Gasteiger partial charge in [-0.15, -0.1) is 0 Å². The van der Waals surface area contributed by atoms with E-state index >= 15 is 0 Å². The first-order valence-corrected chi connectivity index (χ1v) is 15.6. The van der Waals surface area contributed by atoms with Crippen LogP contribution in [0.1, 0.15) is 58.8 Å². The molecule has 2 nitrogen and oxygen atoms in total. The van der Waals surface area contributed by atoms with Crippen molar-refractivity contribution < 1.29 is 7.87 Å². The summed E-state index contributed by atoms with van der Waals surface area (Å²) in [6.45, 7) is 4.11. The monoisotopic (exact) mass is 336 g/mol. The van der Waals surface area contributed by atoms with E-state index in [4.69, 9.17) is 3.07 Å². The molecule has 3 heteroatoms. The molecule has 0 aromatic heterocycles. The summed E-state index contributed by atoms with van der Waals surface area (Å²) in [5.74, 6) is 0.00628. The summed E-state index contributed by atoms with van der Waals surface area (Å²) >= 11 is -2.44. The van der Waals surface area contributed by atoms with E-state index in [0.29, 0.717) is 6.42 Å². The van der Waals surface area contributed by atoms with Gasteiger partial charge in [0.2, 0.25) is 0 Å². The van der Waals surface area contributed by atoms with E-state index in [1.54, 1.807) is 0 Å². The van der Waals surface area contributed by atoms with Crippen LogP contribution >= 0.6 is 0 Å². The molecule has 0 fully saturated rings. The molecule has 0 atom stereocenters. The second-order valence-corrected chi connectivity index (χ2v) is 17.2. The summed E-state index contributed by atoms with van der Waals surface area (Å²) in [6.07, 6.45) is 8.46. The fourth-order valence-corrected chi connectivity index (χ4v) is 7.37. The summed E-state index contributed by atoms with van der Waals surface area (Å²) in [4.78, 5) is 15.7. The van der Waals surface area contributed by atoms with Gasteiger partial charge in [0.25, 0.3) is 0 Å². The van der Waals surface area contributed by atoms with Crippen molar-refractivity contribution in [2.45, 2.75) is 73.1 Å². The summed E-state index contributed by atoms with van der Waals surface area (Å²) in [6, 6.07) is 0. The maximum atomic E-state index is 11.2. The molecule has 0 amide bonds. The predicted molar refractivity (Wildman–Crippen MR) is 72.0 cm³/mol. The molecule has 0 heterocycles. The first kappa shape index (κ1) is 16.3. The molecule has 0 N–H and O–H groups in total. The van der Waals surface area contributed by atoms with E-state index in [1.807, 2.05) is 6.92 Å². The van der Waals surface area contributed by atoms with Gasteiger partial charge in [-0.3, -0.25) is 0 Å². The van der Waals surface area contributed by atoms with Crippen LogP contribution in [-0.4, -0.2) is 24.8 Å². The number of rotatable bonds is 9. The second-order valence-electron chi connectivity index (χ2n) is 5.11. The minimum atomic E-state index is -2.44. The van der Waals surface area contributed by atoms with Crippen molar-refractivity contribution in [2.75, 3.05) is 0 Å². The summed E-state index contributed by atoms with van der Waals surface area (Å²) in [7, 11) is 0. The van der Waals surface area contributed by atoms with Crippen LogP contribution in [-0.2, 0) is 7.87 Å². The predicted octanol–water partition coefficient (Wildman–Crippen LogP) is 4.51. The van der Waals surface area contributed by atoms with Crippen LogP contribution in [0.3, 0.4) is 0 Å². The van der Waals surface area contributed by atoms with Gasteiger partial charge >= 0.3 is 106 Å². The fraction of sp³-hybridized carbons (Fsp3) is 0.923. The molecular formula is C13H28O2Sn. The van der Waals surface area contributed by atoms with Gasteiger partial charge in [-0.2, -0.15) is 0 Å². The van der Waals surface area contributed by atoms with Crippen LogP contribution < -0.4 is 0 Å². The van der Waals surface area contributed by atoms with Crippen LogP contribution in [0, 0.1) is 0 Å². The van der Waals surface area contributed by atoms with Gasteiger partial charge in [-0.05, 0) is 0 Å². The van der Waals surface area contributed by atoms with Crippen LogP contribution in [0.2, 0.25) is 14.3 Å². The zero-order valence-electron chi connectivity index (χ0n) is 11.5. The zero-order chi connectivity index (χ0) is 12.4. The molecule has 0 saturated carbocycles. The summed E-state index contributed by atoms with van der Waals surface area (Å²) in [5, 5.41) is 0. The number of hydrogen-bond acceptors (Lipinski definition) is 2. The van der Waals surface area contributed by atoms with Crippen molar-refractivity contribution in [2.24, 2.45) is 0 Å². The van der Waals surface area contributed by atoms with Crippen LogP contribution in [0.15, 0.2) is 0 Å². The molecule has 96 valence electrons. The maximum absolute atomic E-state index is 11.2. The van der Waals surface area contributed by atoms with Crippen LogP contribution in [0.4, 0.5) is 0 Å². The molecule has 0 aromatic rings. The van der Waals surface area contributed by atoms with Crippen molar-refractivity contribution in [3.8, 4) is 0 Å². The Balaban J connectivity index is 3.54. The van der Waals surface area contributed by atoms with Gasteiger partial charge < -0.3 is 0 Å². The first-order chi connectivity index (χ1) is 7.52. The van der Waals surface area contributed by atoms with Crippen molar-refractivity contribution in [1.82, 2.24) is 0 Å².